The highest BCUT2D eigenvalue weighted by Crippen LogP contribution is 2.37. The molecule has 0 aliphatic carbocycles. The van der Waals surface area contributed by atoms with Gasteiger partial charge >= 0.3 is 7.60 Å². The molecule has 78 valence electrons. The molecule has 0 fully saturated rings. The molecule has 0 aliphatic heterocycles. The summed E-state index contributed by atoms with van der Waals surface area (Å²) in [6, 6.07) is 6.20. The summed E-state index contributed by atoms with van der Waals surface area (Å²) in [5.74, 6) is 0.266. The number of hydrogen-bond acceptors (Lipinski definition) is 2. The topological polar surface area (TPSA) is 66.8 Å². The van der Waals surface area contributed by atoms with Gasteiger partial charge in [-0.3, -0.25) is 4.57 Å². The molecule has 0 bridgehead atoms. The van der Waals surface area contributed by atoms with Crippen LogP contribution in [0.15, 0.2) is 24.3 Å². The second kappa shape index (κ2) is 4.60. The highest BCUT2D eigenvalue weighted by molar-refractivity contribution is 7.60. The molecule has 0 aliphatic rings. The SMILES string of the molecule is CCCOc1ccccc1P(=O)(O)O. The van der Waals surface area contributed by atoms with Gasteiger partial charge < -0.3 is 14.5 Å². The quantitative estimate of drug-likeness (QED) is 0.744. The van der Waals surface area contributed by atoms with Crippen molar-refractivity contribution in [3.05, 3.63) is 24.3 Å². The summed E-state index contributed by atoms with van der Waals surface area (Å²) in [4.78, 5) is 18.0. The first-order valence-corrected chi connectivity index (χ1v) is 5.95. The Morgan fingerprint density at radius 2 is 2.00 bits per heavy atom. The number of para-hydroxylation sites is 1. The van der Waals surface area contributed by atoms with Crippen LogP contribution in [0.1, 0.15) is 13.3 Å². The lowest BCUT2D eigenvalue weighted by Crippen LogP contribution is -2.10. The van der Waals surface area contributed by atoms with E-state index >= 15 is 0 Å². The first-order chi connectivity index (χ1) is 6.55. The zero-order valence-corrected chi connectivity index (χ0v) is 8.78. The first kappa shape index (κ1) is 11.2. The normalized spacial score (nSPS) is 11.4. The average molecular weight is 216 g/mol. The predicted octanol–water partition coefficient (Wildman–Crippen LogP) is 1.28. The van der Waals surface area contributed by atoms with E-state index in [9.17, 15) is 4.57 Å². The van der Waals surface area contributed by atoms with Gasteiger partial charge in [0.25, 0.3) is 0 Å². The van der Waals surface area contributed by atoms with Crippen LogP contribution in [0.25, 0.3) is 0 Å². The molecule has 0 saturated heterocycles. The molecule has 0 unspecified atom stereocenters. The number of benzene rings is 1. The van der Waals surface area contributed by atoms with Gasteiger partial charge in [-0.05, 0) is 18.6 Å². The third-order valence-corrected chi connectivity index (χ3v) is 2.64. The molecule has 0 spiro atoms. The van der Waals surface area contributed by atoms with Crippen LogP contribution < -0.4 is 10.0 Å². The molecule has 0 radical (unpaired) electrons. The van der Waals surface area contributed by atoms with Gasteiger partial charge in [0, 0.05) is 0 Å². The van der Waals surface area contributed by atoms with Crippen LogP contribution in [-0.2, 0) is 4.57 Å². The van der Waals surface area contributed by atoms with E-state index in [4.69, 9.17) is 14.5 Å². The van der Waals surface area contributed by atoms with Crippen molar-refractivity contribution in [2.75, 3.05) is 6.61 Å². The molecule has 5 heteroatoms. The van der Waals surface area contributed by atoms with Gasteiger partial charge in [0.05, 0.1) is 6.61 Å². The van der Waals surface area contributed by atoms with Crippen molar-refractivity contribution >= 4 is 12.9 Å². The minimum Gasteiger partial charge on any atom is -0.493 e. The molecule has 1 aromatic rings. The van der Waals surface area contributed by atoms with Crippen molar-refractivity contribution in [2.24, 2.45) is 0 Å². The first-order valence-electron chi connectivity index (χ1n) is 4.33. The molecule has 0 aromatic heterocycles. The van der Waals surface area contributed by atoms with Crippen molar-refractivity contribution in [2.45, 2.75) is 13.3 Å². The van der Waals surface area contributed by atoms with E-state index in [2.05, 4.69) is 0 Å². The molecule has 0 amide bonds. The van der Waals surface area contributed by atoms with E-state index in [1.165, 1.54) is 6.07 Å². The maximum Gasteiger partial charge on any atom is 0.359 e. The zero-order valence-electron chi connectivity index (χ0n) is 7.88. The smallest absolute Gasteiger partial charge is 0.359 e. The van der Waals surface area contributed by atoms with E-state index in [-0.39, 0.29) is 11.1 Å². The van der Waals surface area contributed by atoms with Crippen LogP contribution in [-0.4, -0.2) is 16.4 Å². The Morgan fingerprint density at radius 1 is 1.36 bits per heavy atom. The minimum atomic E-state index is -4.22. The fourth-order valence-corrected chi connectivity index (χ4v) is 1.74. The van der Waals surface area contributed by atoms with Crippen LogP contribution in [0.4, 0.5) is 0 Å². The number of ether oxygens (including phenoxy) is 1. The fraction of sp³-hybridized carbons (Fsp3) is 0.333. The van der Waals surface area contributed by atoms with Gasteiger partial charge in [-0.15, -0.1) is 0 Å². The molecular formula is C9H13O4P. The summed E-state index contributed by atoms with van der Waals surface area (Å²) >= 11 is 0. The Bertz CT molecular complexity index is 344. The third-order valence-electron chi connectivity index (χ3n) is 1.64. The van der Waals surface area contributed by atoms with E-state index in [1.54, 1.807) is 18.2 Å². The van der Waals surface area contributed by atoms with Crippen LogP contribution in [0.5, 0.6) is 5.75 Å². The van der Waals surface area contributed by atoms with E-state index < -0.39 is 7.60 Å². The van der Waals surface area contributed by atoms with Gasteiger partial charge in [0.1, 0.15) is 11.1 Å². The summed E-state index contributed by atoms with van der Waals surface area (Å²) in [6.45, 7) is 2.39. The van der Waals surface area contributed by atoms with Crippen LogP contribution in [0, 0.1) is 0 Å². The van der Waals surface area contributed by atoms with E-state index in [0.717, 1.165) is 6.42 Å². The number of hydrogen-bond donors (Lipinski definition) is 2. The maximum absolute atomic E-state index is 11.0. The molecule has 0 atom stereocenters. The van der Waals surface area contributed by atoms with Gasteiger partial charge in [0.2, 0.25) is 0 Å². The largest absolute Gasteiger partial charge is 0.493 e. The Balaban J connectivity index is 2.98. The second-order valence-corrected chi connectivity index (χ2v) is 4.43. The van der Waals surface area contributed by atoms with Crippen molar-refractivity contribution in [3.8, 4) is 5.75 Å². The van der Waals surface area contributed by atoms with Crippen molar-refractivity contribution in [3.63, 3.8) is 0 Å². The maximum atomic E-state index is 11.0. The molecule has 0 heterocycles. The third kappa shape index (κ3) is 2.84. The van der Waals surface area contributed by atoms with Crippen molar-refractivity contribution in [1.82, 2.24) is 0 Å². The molecule has 2 N–H and O–H groups in total. The lowest BCUT2D eigenvalue weighted by Gasteiger charge is -2.11. The Morgan fingerprint density at radius 3 is 2.57 bits per heavy atom. The monoisotopic (exact) mass is 216 g/mol. The molecule has 14 heavy (non-hydrogen) atoms. The van der Waals surface area contributed by atoms with Crippen molar-refractivity contribution < 1.29 is 19.1 Å². The van der Waals surface area contributed by atoms with Gasteiger partial charge in [-0.1, -0.05) is 19.1 Å². The average Bonchev–Trinajstić information content (AvgIpc) is 2.14. The Hall–Kier alpha value is -0.830. The Labute approximate surface area is 82.7 Å². The summed E-state index contributed by atoms with van der Waals surface area (Å²) < 4.78 is 16.3. The Kier molecular flexibility index (Phi) is 3.69. The second-order valence-electron chi connectivity index (χ2n) is 2.86. The zero-order chi connectivity index (χ0) is 10.6. The van der Waals surface area contributed by atoms with Crippen LogP contribution >= 0.6 is 7.60 Å². The van der Waals surface area contributed by atoms with Gasteiger partial charge in [-0.25, -0.2) is 0 Å². The van der Waals surface area contributed by atoms with Crippen molar-refractivity contribution in [1.29, 1.82) is 0 Å². The van der Waals surface area contributed by atoms with E-state index in [0.29, 0.717) is 6.61 Å². The summed E-state index contributed by atoms with van der Waals surface area (Å²) in [5, 5.41) is -0.0477. The van der Waals surface area contributed by atoms with Crippen LogP contribution in [0.3, 0.4) is 0 Å². The summed E-state index contributed by atoms with van der Waals surface area (Å²) in [7, 11) is -4.22. The standard InChI is InChI=1S/C9H13O4P/c1-2-7-13-8-5-3-4-6-9(8)14(10,11)12/h3-6H,2,7H2,1H3,(H2,10,11,12). The lowest BCUT2D eigenvalue weighted by molar-refractivity contribution is 0.317. The highest BCUT2D eigenvalue weighted by atomic mass is 31.2. The minimum absolute atomic E-state index is 0.0477. The molecule has 4 nitrogen and oxygen atoms in total. The molecule has 1 aromatic carbocycles. The fourth-order valence-electron chi connectivity index (χ4n) is 1.03. The molecule has 1 rings (SSSR count). The van der Waals surface area contributed by atoms with Gasteiger partial charge in [-0.2, -0.15) is 0 Å². The van der Waals surface area contributed by atoms with Crippen LogP contribution in [0.2, 0.25) is 0 Å². The molecular weight excluding hydrogens is 203 g/mol. The lowest BCUT2D eigenvalue weighted by atomic mass is 10.3. The number of rotatable bonds is 4. The predicted molar refractivity (Wildman–Crippen MR) is 53.9 cm³/mol. The summed E-state index contributed by atoms with van der Waals surface area (Å²) in [5.41, 5.74) is 0. The molecule has 0 saturated carbocycles. The summed E-state index contributed by atoms with van der Waals surface area (Å²) in [6.07, 6.45) is 0.801. The van der Waals surface area contributed by atoms with E-state index in [1.807, 2.05) is 6.92 Å². The van der Waals surface area contributed by atoms with Gasteiger partial charge in [0.15, 0.2) is 0 Å². The highest BCUT2D eigenvalue weighted by Gasteiger charge is 2.21.